The van der Waals surface area contributed by atoms with E-state index in [4.69, 9.17) is 14.2 Å². The van der Waals surface area contributed by atoms with Gasteiger partial charge in [0, 0.05) is 17.5 Å². The zero-order valence-corrected chi connectivity index (χ0v) is 17.0. The third-order valence-electron chi connectivity index (χ3n) is 5.89. The topological polar surface area (TPSA) is 61.8 Å². The Morgan fingerprint density at radius 2 is 1.86 bits per heavy atom. The van der Waals surface area contributed by atoms with Gasteiger partial charge in [0.25, 0.3) is 0 Å². The smallest absolute Gasteiger partial charge is 0.344 e. The van der Waals surface area contributed by atoms with Gasteiger partial charge in [0.2, 0.25) is 0 Å². The molecule has 4 rings (SSSR count). The molecule has 1 fully saturated rings. The van der Waals surface area contributed by atoms with E-state index in [-0.39, 0.29) is 18.4 Å². The van der Waals surface area contributed by atoms with Gasteiger partial charge in [0.15, 0.2) is 23.9 Å². The molecule has 0 aliphatic heterocycles. The Bertz CT molecular complexity index is 943. The summed E-state index contributed by atoms with van der Waals surface area (Å²) >= 11 is 0. The fourth-order valence-electron chi connectivity index (χ4n) is 3.95. The maximum absolute atomic E-state index is 12.2. The van der Waals surface area contributed by atoms with Gasteiger partial charge < -0.3 is 14.2 Å². The van der Waals surface area contributed by atoms with Crippen molar-refractivity contribution < 1.29 is 23.8 Å². The number of hydrogen-bond acceptors (Lipinski definition) is 5. The first kappa shape index (κ1) is 19.5. The molecule has 152 valence electrons. The van der Waals surface area contributed by atoms with Gasteiger partial charge in [-0.15, -0.1) is 0 Å². The molecule has 5 nitrogen and oxygen atoms in total. The van der Waals surface area contributed by atoms with Crippen LogP contribution in [0.4, 0.5) is 0 Å². The number of ketones is 1. The van der Waals surface area contributed by atoms with Crippen molar-refractivity contribution in [2.75, 3.05) is 20.3 Å². The maximum Gasteiger partial charge on any atom is 0.344 e. The lowest BCUT2D eigenvalue weighted by atomic mass is 9.86. The molecule has 0 radical (unpaired) electrons. The Morgan fingerprint density at radius 3 is 2.59 bits per heavy atom. The standard InChI is InChI=1S/C24H26O5/c1-15-6-9-20(18-7-10-19-17(12-18)8-11-21(19)25)24(23(15)27-2)29-14-22(26)28-13-16-4-3-5-16/h6-7,9-10,12,16H,3-5,8,11,13-14H2,1-2H3. The second-order valence-electron chi connectivity index (χ2n) is 7.86. The van der Waals surface area contributed by atoms with E-state index in [1.54, 1.807) is 7.11 Å². The number of hydrogen-bond donors (Lipinski definition) is 0. The molecule has 29 heavy (non-hydrogen) atoms. The van der Waals surface area contributed by atoms with E-state index in [9.17, 15) is 9.59 Å². The lowest BCUT2D eigenvalue weighted by Crippen LogP contribution is -2.23. The lowest BCUT2D eigenvalue weighted by Gasteiger charge is -2.24. The molecule has 2 aromatic carbocycles. The Balaban J connectivity index is 1.57. The average molecular weight is 394 g/mol. The van der Waals surface area contributed by atoms with E-state index in [2.05, 4.69) is 0 Å². The molecule has 0 saturated heterocycles. The molecule has 0 aromatic heterocycles. The average Bonchev–Trinajstić information content (AvgIpc) is 3.05. The molecule has 0 bridgehead atoms. The third-order valence-corrected chi connectivity index (χ3v) is 5.89. The highest BCUT2D eigenvalue weighted by molar-refractivity contribution is 6.01. The minimum Gasteiger partial charge on any atom is -0.493 e. The van der Waals surface area contributed by atoms with E-state index >= 15 is 0 Å². The largest absolute Gasteiger partial charge is 0.493 e. The van der Waals surface area contributed by atoms with Gasteiger partial charge in [-0.3, -0.25) is 4.79 Å². The first-order chi connectivity index (χ1) is 14.1. The molecule has 0 N–H and O–H groups in total. The number of ether oxygens (including phenoxy) is 3. The van der Waals surface area contributed by atoms with Crippen LogP contribution < -0.4 is 9.47 Å². The summed E-state index contributed by atoms with van der Waals surface area (Å²) in [6, 6.07) is 9.77. The number of aryl methyl sites for hydroxylation is 2. The van der Waals surface area contributed by atoms with E-state index in [0.717, 1.165) is 47.1 Å². The van der Waals surface area contributed by atoms with Crippen molar-refractivity contribution in [3.8, 4) is 22.6 Å². The summed E-state index contributed by atoms with van der Waals surface area (Å²) in [6.07, 6.45) is 4.80. The first-order valence-electron chi connectivity index (χ1n) is 10.2. The normalized spacial score (nSPS) is 15.6. The lowest BCUT2D eigenvalue weighted by molar-refractivity contribution is -0.148. The van der Waals surface area contributed by atoms with Gasteiger partial charge in [-0.2, -0.15) is 0 Å². The minimum absolute atomic E-state index is 0.164. The molecule has 0 spiro atoms. The van der Waals surface area contributed by atoms with Crippen LogP contribution in [0, 0.1) is 12.8 Å². The Labute approximate surface area is 171 Å². The SMILES string of the molecule is COc1c(C)ccc(-c2ccc3c(c2)CCC3=O)c1OCC(=O)OCC1CCC1. The Kier molecular flexibility index (Phi) is 5.56. The molecule has 1 saturated carbocycles. The van der Waals surface area contributed by atoms with Gasteiger partial charge in [0.1, 0.15) is 0 Å². The fourth-order valence-corrected chi connectivity index (χ4v) is 3.95. The number of fused-ring (bicyclic) bond motifs is 1. The molecule has 2 aliphatic carbocycles. The summed E-state index contributed by atoms with van der Waals surface area (Å²) in [5, 5.41) is 0. The predicted octanol–water partition coefficient (Wildman–Crippen LogP) is 4.52. The second kappa shape index (κ2) is 8.27. The van der Waals surface area contributed by atoms with Crippen molar-refractivity contribution in [2.45, 2.75) is 39.0 Å². The molecule has 2 aromatic rings. The first-order valence-corrected chi connectivity index (χ1v) is 10.2. The molecule has 0 atom stereocenters. The predicted molar refractivity (Wildman–Crippen MR) is 110 cm³/mol. The highest BCUT2D eigenvalue weighted by atomic mass is 16.6. The van der Waals surface area contributed by atoms with Crippen LogP contribution >= 0.6 is 0 Å². The molecular formula is C24H26O5. The summed E-state index contributed by atoms with van der Waals surface area (Å²) in [5.74, 6) is 1.45. The highest BCUT2D eigenvalue weighted by Crippen LogP contribution is 2.41. The molecule has 2 aliphatic rings. The number of benzene rings is 2. The minimum atomic E-state index is -0.369. The van der Waals surface area contributed by atoms with E-state index in [0.29, 0.717) is 30.4 Å². The monoisotopic (exact) mass is 394 g/mol. The zero-order valence-electron chi connectivity index (χ0n) is 17.0. The van der Waals surface area contributed by atoms with Gasteiger partial charge >= 0.3 is 5.97 Å². The van der Waals surface area contributed by atoms with Crippen molar-refractivity contribution in [3.63, 3.8) is 0 Å². The number of methoxy groups -OCH3 is 1. The van der Waals surface area contributed by atoms with E-state index in [1.165, 1.54) is 6.42 Å². The summed E-state index contributed by atoms with van der Waals surface area (Å²) in [5.41, 5.74) is 4.55. The zero-order chi connectivity index (χ0) is 20.4. The Hall–Kier alpha value is -2.82. The number of Topliss-reactive ketones (excluding diaryl/α,β-unsaturated/α-hetero) is 1. The fraction of sp³-hybridized carbons (Fsp3) is 0.417. The number of carbonyl (C=O) groups is 2. The van der Waals surface area contributed by atoms with Crippen LogP contribution in [0.15, 0.2) is 30.3 Å². The second-order valence-corrected chi connectivity index (χ2v) is 7.86. The molecule has 0 amide bonds. The van der Waals surface area contributed by atoms with Crippen LogP contribution in [-0.2, 0) is 16.0 Å². The summed E-state index contributed by atoms with van der Waals surface area (Å²) in [4.78, 5) is 24.1. The van der Waals surface area contributed by atoms with Gasteiger partial charge in [-0.25, -0.2) is 4.79 Å². The molecule has 5 heteroatoms. The van der Waals surface area contributed by atoms with Crippen molar-refractivity contribution in [1.29, 1.82) is 0 Å². The van der Waals surface area contributed by atoms with Crippen molar-refractivity contribution in [2.24, 2.45) is 5.92 Å². The van der Waals surface area contributed by atoms with Crippen LogP contribution in [-0.4, -0.2) is 32.1 Å². The molecule has 0 unspecified atom stereocenters. The van der Waals surface area contributed by atoms with Gasteiger partial charge in [0.05, 0.1) is 13.7 Å². The van der Waals surface area contributed by atoms with Gasteiger partial charge in [-0.05, 0) is 48.8 Å². The van der Waals surface area contributed by atoms with Crippen LogP contribution in [0.3, 0.4) is 0 Å². The van der Waals surface area contributed by atoms with Crippen LogP contribution in [0.1, 0.15) is 47.2 Å². The summed E-state index contributed by atoms with van der Waals surface area (Å²) < 4.78 is 16.8. The van der Waals surface area contributed by atoms with Crippen LogP contribution in [0.2, 0.25) is 0 Å². The summed E-state index contributed by atoms with van der Waals surface area (Å²) in [6.45, 7) is 2.24. The van der Waals surface area contributed by atoms with Crippen LogP contribution in [0.25, 0.3) is 11.1 Å². The van der Waals surface area contributed by atoms with Crippen LogP contribution in [0.5, 0.6) is 11.5 Å². The third kappa shape index (κ3) is 4.00. The maximum atomic E-state index is 12.2. The van der Waals surface area contributed by atoms with Crippen molar-refractivity contribution in [1.82, 2.24) is 0 Å². The van der Waals surface area contributed by atoms with Crippen molar-refractivity contribution >= 4 is 11.8 Å². The van der Waals surface area contributed by atoms with E-state index < -0.39 is 0 Å². The van der Waals surface area contributed by atoms with Gasteiger partial charge in [-0.1, -0.05) is 36.8 Å². The number of rotatable bonds is 7. The molecule has 0 heterocycles. The Morgan fingerprint density at radius 1 is 1.07 bits per heavy atom. The quantitative estimate of drug-likeness (QED) is 0.646. The van der Waals surface area contributed by atoms with Crippen molar-refractivity contribution in [3.05, 3.63) is 47.0 Å². The highest BCUT2D eigenvalue weighted by Gasteiger charge is 2.23. The van der Waals surface area contributed by atoms with E-state index in [1.807, 2.05) is 37.3 Å². The summed E-state index contributed by atoms with van der Waals surface area (Å²) in [7, 11) is 1.59. The number of carbonyl (C=O) groups excluding carboxylic acids is 2. The number of esters is 1. The molecular weight excluding hydrogens is 368 g/mol.